The van der Waals surface area contributed by atoms with Gasteiger partial charge in [0.2, 0.25) is 0 Å². The molecule has 0 aromatic heterocycles. The zero-order chi connectivity index (χ0) is 17.0. The van der Waals surface area contributed by atoms with Crippen LogP contribution in [0.4, 0.5) is 0 Å². The van der Waals surface area contributed by atoms with Gasteiger partial charge in [-0.3, -0.25) is 4.79 Å². The fourth-order valence-corrected chi connectivity index (χ4v) is 1.76. The lowest BCUT2D eigenvalue weighted by atomic mass is 9.86. The minimum Gasteiger partial charge on any atom is -0.466 e. The SMILES string of the molecule is CC(C)(C)c1ccc(CCC=O)cc1.CCCCOC(C)=O. The number of hydrogen-bond donors (Lipinski definition) is 0. The predicted octanol–water partition coefficient (Wildman–Crippen LogP) is 4.47. The first-order valence-corrected chi connectivity index (χ1v) is 7.97. The summed E-state index contributed by atoms with van der Waals surface area (Å²) in [5.74, 6) is -0.182. The average molecular weight is 306 g/mol. The van der Waals surface area contributed by atoms with Crippen molar-refractivity contribution in [2.24, 2.45) is 0 Å². The first-order valence-electron chi connectivity index (χ1n) is 7.97. The van der Waals surface area contributed by atoms with E-state index in [1.54, 1.807) is 0 Å². The standard InChI is InChI=1S/C13H18O.C6H12O2/c1-13(2,3)12-8-6-11(7-9-12)5-4-10-14;1-3-4-5-8-6(2)7/h6-10H,4-5H2,1-3H3;3-5H2,1-2H3. The highest BCUT2D eigenvalue weighted by molar-refractivity contribution is 5.65. The van der Waals surface area contributed by atoms with Crippen LogP contribution in [0.5, 0.6) is 0 Å². The van der Waals surface area contributed by atoms with Crippen molar-refractivity contribution in [1.82, 2.24) is 0 Å². The van der Waals surface area contributed by atoms with Gasteiger partial charge in [-0.2, -0.15) is 0 Å². The molecule has 0 aliphatic rings. The molecule has 3 heteroatoms. The van der Waals surface area contributed by atoms with Crippen molar-refractivity contribution < 1.29 is 14.3 Å². The lowest BCUT2D eigenvalue weighted by Crippen LogP contribution is -2.10. The quantitative estimate of drug-likeness (QED) is 0.442. The summed E-state index contributed by atoms with van der Waals surface area (Å²) >= 11 is 0. The van der Waals surface area contributed by atoms with E-state index in [4.69, 9.17) is 0 Å². The third-order valence-corrected chi connectivity index (χ3v) is 3.17. The van der Waals surface area contributed by atoms with E-state index in [0.29, 0.717) is 13.0 Å². The van der Waals surface area contributed by atoms with Crippen LogP contribution in [0.15, 0.2) is 24.3 Å². The highest BCUT2D eigenvalue weighted by Gasteiger charge is 2.12. The Labute approximate surface area is 135 Å². The van der Waals surface area contributed by atoms with E-state index in [1.807, 2.05) is 0 Å². The summed E-state index contributed by atoms with van der Waals surface area (Å²) in [6.07, 6.45) is 4.49. The van der Waals surface area contributed by atoms with E-state index in [0.717, 1.165) is 25.5 Å². The van der Waals surface area contributed by atoms with E-state index in [9.17, 15) is 9.59 Å². The zero-order valence-corrected chi connectivity index (χ0v) is 14.6. The maximum atomic E-state index is 10.2. The molecule has 0 heterocycles. The lowest BCUT2D eigenvalue weighted by Gasteiger charge is -2.19. The lowest BCUT2D eigenvalue weighted by molar-refractivity contribution is -0.141. The molecule has 22 heavy (non-hydrogen) atoms. The fourth-order valence-electron chi connectivity index (χ4n) is 1.76. The van der Waals surface area contributed by atoms with Crippen molar-refractivity contribution >= 4 is 12.3 Å². The number of unbranched alkanes of at least 4 members (excludes halogenated alkanes) is 1. The minimum absolute atomic E-state index is 0.182. The van der Waals surface area contributed by atoms with E-state index in [-0.39, 0.29) is 11.4 Å². The summed E-state index contributed by atoms with van der Waals surface area (Å²) < 4.78 is 4.64. The molecule has 0 N–H and O–H groups in total. The second-order valence-electron chi connectivity index (χ2n) is 6.35. The smallest absolute Gasteiger partial charge is 0.302 e. The Morgan fingerprint density at radius 3 is 2.18 bits per heavy atom. The average Bonchev–Trinajstić information content (AvgIpc) is 2.45. The highest BCUT2D eigenvalue weighted by atomic mass is 16.5. The molecule has 3 nitrogen and oxygen atoms in total. The molecule has 0 spiro atoms. The van der Waals surface area contributed by atoms with Gasteiger partial charge in [-0.05, 0) is 29.4 Å². The van der Waals surface area contributed by atoms with Crippen molar-refractivity contribution in [2.45, 2.75) is 65.7 Å². The molecule has 0 amide bonds. The summed E-state index contributed by atoms with van der Waals surface area (Å²) in [5.41, 5.74) is 2.79. The van der Waals surface area contributed by atoms with Gasteiger partial charge in [0.05, 0.1) is 6.61 Å². The van der Waals surface area contributed by atoms with Gasteiger partial charge in [0.1, 0.15) is 6.29 Å². The van der Waals surface area contributed by atoms with Gasteiger partial charge in [0, 0.05) is 13.3 Å². The van der Waals surface area contributed by atoms with E-state index < -0.39 is 0 Å². The molecule has 0 radical (unpaired) electrons. The summed E-state index contributed by atoms with van der Waals surface area (Å²) in [4.78, 5) is 20.3. The molecule has 124 valence electrons. The van der Waals surface area contributed by atoms with Crippen molar-refractivity contribution in [3.8, 4) is 0 Å². The second kappa shape index (κ2) is 11.0. The fraction of sp³-hybridized carbons (Fsp3) is 0.579. The van der Waals surface area contributed by atoms with Crippen LogP contribution in [0, 0.1) is 0 Å². The van der Waals surface area contributed by atoms with Crippen LogP contribution in [-0.4, -0.2) is 18.9 Å². The second-order valence-corrected chi connectivity index (χ2v) is 6.35. The number of aryl methyl sites for hydroxylation is 1. The zero-order valence-electron chi connectivity index (χ0n) is 14.6. The first-order chi connectivity index (χ1) is 10.3. The highest BCUT2D eigenvalue weighted by Crippen LogP contribution is 2.22. The number of carbonyl (C=O) groups excluding carboxylic acids is 2. The maximum Gasteiger partial charge on any atom is 0.302 e. The first kappa shape index (κ1) is 20.4. The van der Waals surface area contributed by atoms with Crippen molar-refractivity contribution in [2.75, 3.05) is 6.61 Å². The van der Waals surface area contributed by atoms with Gasteiger partial charge in [-0.15, -0.1) is 0 Å². The Morgan fingerprint density at radius 1 is 1.18 bits per heavy atom. The van der Waals surface area contributed by atoms with Gasteiger partial charge in [0.25, 0.3) is 0 Å². The molecule has 1 aromatic carbocycles. The number of hydrogen-bond acceptors (Lipinski definition) is 3. The van der Waals surface area contributed by atoms with Crippen LogP contribution in [0.3, 0.4) is 0 Å². The number of carbonyl (C=O) groups is 2. The third-order valence-electron chi connectivity index (χ3n) is 3.17. The van der Waals surface area contributed by atoms with Crippen molar-refractivity contribution in [3.05, 3.63) is 35.4 Å². The summed E-state index contributed by atoms with van der Waals surface area (Å²) in [7, 11) is 0. The van der Waals surface area contributed by atoms with Gasteiger partial charge in [-0.25, -0.2) is 0 Å². The summed E-state index contributed by atoms with van der Waals surface area (Å²) in [6, 6.07) is 8.54. The number of aldehydes is 1. The normalized spacial score (nSPS) is 10.4. The predicted molar refractivity (Wildman–Crippen MR) is 91.1 cm³/mol. The van der Waals surface area contributed by atoms with Crippen LogP contribution in [0.1, 0.15) is 65.0 Å². The summed E-state index contributed by atoms with van der Waals surface area (Å²) in [5, 5.41) is 0. The molecule has 0 unspecified atom stereocenters. The number of esters is 1. The number of rotatable bonds is 6. The Hall–Kier alpha value is -1.64. The van der Waals surface area contributed by atoms with Crippen LogP contribution in [0.25, 0.3) is 0 Å². The molecule has 0 aliphatic carbocycles. The van der Waals surface area contributed by atoms with Crippen molar-refractivity contribution in [1.29, 1.82) is 0 Å². The van der Waals surface area contributed by atoms with E-state index in [2.05, 4.69) is 56.7 Å². The molecule has 0 bridgehead atoms. The molecule has 1 rings (SSSR count). The number of ether oxygens (including phenoxy) is 1. The van der Waals surface area contributed by atoms with Crippen LogP contribution in [-0.2, 0) is 26.2 Å². The van der Waals surface area contributed by atoms with E-state index >= 15 is 0 Å². The van der Waals surface area contributed by atoms with Crippen LogP contribution in [0.2, 0.25) is 0 Å². The topological polar surface area (TPSA) is 43.4 Å². The molecule has 0 saturated carbocycles. The Balaban J connectivity index is 0.000000472. The van der Waals surface area contributed by atoms with Gasteiger partial charge >= 0.3 is 5.97 Å². The molecule has 1 aromatic rings. The molecular weight excluding hydrogens is 276 g/mol. The van der Waals surface area contributed by atoms with Crippen LogP contribution >= 0.6 is 0 Å². The van der Waals surface area contributed by atoms with Crippen molar-refractivity contribution in [3.63, 3.8) is 0 Å². The Kier molecular flexibility index (Phi) is 10.2. The van der Waals surface area contributed by atoms with Crippen LogP contribution < -0.4 is 0 Å². The Bertz CT molecular complexity index is 427. The Morgan fingerprint density at radius 2 is 1.77 bits per heavy atom. The monoisotopic (exact) mass is 306 g/mol. The molecule has 0 fully saturated rings. The van der Waals surface area contributed by atoms with Gasteiger partial charge in [0.15, 0.2) is 0 Å². The summed E-state index contributed by atoms with van der Waals surface area (Å²) in [6.45, 7) is 10.7. The largest absolute Gasteiger partial charge is 0.466 e. The molecule has 0 atom stereocenters. The maximum absolute atomic E-state index is 10.2. The molecule has 0 saturated heterocycles. The van der Waals surface area contributed by atoms with Gasteiger partial charge < -0.3 is 9.53 Å². The molecular formula is C19H30O3. The molecule has 0 aliphatic heterocycles. The van der Waals surface area contributed by atoms with Gasteiger partial charge in [-0.1, -0.05) is 58.4 Å². The van der Waals surface area contributed by atoms with E-state index in [1.165, 1.54) is 18.1 Å². The number of benzene rings is 1. The minimum atomic E-state index is -0.182. The third kappa shape index (κ3) is 10.1.